The van der Waals surface area contributed by atoms with Gasteiger partial charge in [0.2, 0.25) is 0 Å². The van der Waals surface area contributed by atoms with E-state index in [1.165, 1.54) is 12.3 Å². The minimum absolute atomic E-state index is 0.134. The van der Waals surface area contributed by atoms with Gasteiger partial charge < -0.3 is 16.4 Å². The summed E-state index contributed by atoms with van der Waals surface area (Å²) >= 11 is 0. The maximum absolute atomic E-state index is 13.3. The van der Waals surface area contributed by atoms with E-state index in [1.54, 1.807) is 12.4 Å². The number of anilines is 1. The zero-order valence-corrected chi connectivity index (χ0v) is 9.74. The van der Waals surface area contributed by atoms with Crippen molar-refractivity contribution in [2.45, 2.75) is 13.1 Å². The topological polar surface area (TPSA) is 75.9 Å². The van der Waals surface area contributed by atoms with Gasteiger partial charge in [-0.05, 0) is 13.0 Å². The minimum atomic E-state index is -0.323. The average Bonchev–Trinajstić information content (AvgIpc) is 2.75. The van der Waals surface area contributed by atoms with Gasteiger partial charge in [-0.15, -0.1) is 0 Å². The number of halogens is 1. The van der Waals surface area contributed by atoms with Crippen molar-refractivity contribution in [1.29, 1.82) is 0 Å². The number of rotatable bonds is 1. The van der Waals surface area contributed by atoms with E-state index in [9.17, 15) is 4.39 Å². The Bertz CT molecular complexity index is 602. The number of nitrogens with two attached hydrogens (primary N) is 1. The molecule has 1 aromatic heterocycles. The molecule has 1 aromatic rings. The van der Waals surface area contributed by atoms with Crippen LogP contribution in [0.3, 0.4) is 0 Å². The number of dihydropyridines is 1. The zero-order chi connectivity index (χ0) is 12.7. The molecule has 0 saturated heterocycles. The summed E-state index contributed by atoms with van der Waals surface area (Å²) in [7, 11) is 0. The molecule has 2 aliphatic heterocycles. The first-order valence-corrected chi connectivity index (χ1v) is 5.54. The van der Waals surface area contributed by atoms with Gasteiger partial charge in [0.25, 0.3) is 0 Å². The van der Waals surface area contributed by atoms with Gasteiger partial charge in [0.1, 0.15) is 17.8 Å². The monoisotopic (exact) mass is 245 g/mol. The summed E-state index contributed by atoms with van der Waals surface area (Å²) < 4.78 is 13.3. The molecule has 1 atom stereocenters. The van der Waals surface area contributed by atoms with Gasteiger partial charge in [-0.2, -0.15) is 0 Å². The Morgan fingerprint density at radius 3 is 2.89 bits per heavy atom. The van der Waals surface area contributed by atoms with Gasteiger partial charge in [-0.25, -0.2) is 14.4 Å². The number of nitrogens with zero attached hydrogens (tertiary/aromatic N) is 2. The maximum atomic E-state index is 13.3. The highest BCUT2D eigenvalue weighted by atomic mass is 19.1. The standard InChI is InChI=1S/C12H12FN5/c1-6-3-15-12(18-10(6)14)9-5-17-11-8(9)2-7(13)4-16-11/h2-5,11,16-17H,1H3,(H2,14,15,18). The van der Waals surface area contributed by atoms with E-state index in [0.29, 0.717) is 11.6 Å². The molecular weight excluding hydrogens is 233 g/mol. The molecule has 0 amide bonds. The van der Waals surface area contributed by atoms with E-state index in [4.69, 9.17) is 5.73 Å². The molecule has 0 saturated carbocycles. The lowest BCUT2D eigenvalue weighted by molar-refractivity contribution is 0.581. The van der Waals surface area contributed by atoms with Crippen molar-refractivity contribution in [2.75, 3.05) is 5.73 Å². The maximum Gasteiger partial charge on any atom is 0.163 e. The van der Waals surface area contributed by atoms with Crippen LogP contribution in [0.5, 0.6) is 0 Å². The van der Waals surface area contributed by atoms with Gasteiger partial charge in [-0.3, -0.25) is 0 Å². The molecule has 0 radical (unpaired) electrons. The van der Waals surface area contributed by atoms with E-state index in [0.717, 1.165) is 16.7 Å². The predicted molar refractivity (Wildman–Crippen MR) is 66.5 cm³/mol. The van der Waals surface area contributed by atoms with E-state index in [1.807, 2.05) is 6.92 Å². The molecule has 18 heavy (non-hydrogen) atoms. The van der Waals surface area contributed by atoms with Crippen molar-refractivity contribution in [1.82, 2.24) is 20.6 Å². The molecule has 3 rings (SSSR count). The normalized spacial score (nSPS) is 21.2. The fraction of sp³-hybridized carbons (Fsp3) is 0.167. The van der Waals surface area contributed by atoms with Crippen molar-refractivity contribution in [2.24, 2.45) is 0 Å². The summed E-state index contributed by atoms with van der Waals surface area (Å²) in [5.41, 5.74) is 8.12. The van der Waals surface area contributed by atoms with Crippen LogP contribution >= 0.6 is 0 Å². The van der Waals surface area contributed by atoms with E-state index in [2.05, 4.69) is 20.6 Å². The number of nitrogens with one attached hydrogen (secondary N) is 2. The number of fused-ring (bicyclic) bond motifs is 1. The second-order valence-electron chi connectivity index (χ2n) is 4.22. The number of hydrogen-bond donors (Lipinski definition) is 3. The van der Waals surface area contributed by atoms with Gasteiger partial charge in [0, 0.05) is 35.3 Å². The Morgan fingerprint density at radius 2 is 2.11 bits per heavy atom. The van der Waals surface area contributed by atoms with Crippen molar-refractivity contribution in [3.8, 4) is 0 Å². The molecule has 0 fully saturated rings. The van der Waals surface area contributed by atoms with E-state index in [-0.39, 0.29) is 12.0 Å². The third-order valence-corrected chi connectivity index (χ3v) is 2.95. The van der Waals surface area contributed by atoms with Crippen molar-refractivity contribution < 1.29 is 4.39 Å². The van der Waals surface area contributed by atoms with Gasteiger partial charge >= 0.3 is 0 Å². The number of hydrogen-bond acceptors (Lipinski definition) is 5. The Kier molecular flexibility index (Phi) is 2.29. The SMILES string of the molecule is Cc1cnc(C2=CNC3NC=C(F)C=C23)nc1N. The summed E-state index contributed by atoms with van der Waals surface area (Å²) in [6.07, 6.45) is 6.08. The van der Waals surface area contributed by atoms with Crippen molar-refractivity contribution in [3.63, 3.8) is 0 Å². The molecule has 6 heteroatoms. The molecule has 0 bridgehead atoms. The second-order valence-corrected chi connectivity index (χ2v) is 4.22. The van der Waals surface area contributed by atoms with Crippen LogP contribution in [0.4, 0.5) is 10.2 Å². The minimum Gasteiger partial charge on any atom is -0.383 e. The smallest absolute Gasteiger partial charge is 0.163 e. The molecular formula is C12H12FN5. The van der Waals surface area contributed by atoms with Crippen LogP contribution in [0, 0.1) is 6.92 Å². The summed E-state index contributed by atoms with van der Waals surface area (Å²) in [6, 6.07) is 0. The fourth-order valence-corrected chi connectivity index (χ4v) is 1.93. The van der Waals surface area contributed by atoms with E-state index < -0.39 is 0 Å². The lowest BCUT2D eigenvalue weighted by Gasteiger charge is -2.18. The Hall–Kier alpha value is -2.37. The summed E-state index contributed by atoms with van der Waals surface area (Å²) in [4.78, 5) is 8.45. The lowest BCUT2D eigenvalue weighted by Crippen LogP contribution is -2.36. The first kappa shape index (κ1) is 10.8. The fourth-order valence-electron chi connectivity index (χ4n) is 1.93. The van der Waals surface area contributed by atoms with Gasteiger partial charge in [0.05, 0.1) is 0 Å². The van der Waals surface area contributed by atoms with Crippen molar-refractivity contribution >= 4 is 11.4 Å². The summed E-state index contributed by atoms with van der Waals surface area (Å²) in [5, 5.41) is 5.99. The van der Waals surface area contributed by atoms with Crippen LogP contribution < -0.4 is 16.4 Å². The molecule has 1 unspecified atom stereocenters. The van der Waals surface area contributed by atoms with Crippen LogP contribution in [0.25, 0.3) is 5.57 Å². The molecule has 2 aliphatic rings. The van der Waals surface area contributed by atoms with Crippen molar-refractivity contribution in [3.05, 3.63) is 47.5 Å². The first-order chi connectivity index (χ1) is 8.65. The zero-order valence-electron chi connectivity index (χ0n) is 9.74. The Morgan fingerprint density at radius 1 is 1.33 bits per heavy atom. The van der Waals surface area contributed by atoms with Gasteiger partial charge in [0.15, 0.2) is 5.82 Å². The molecule has 0 aliphatic carbocycles. The first-order valence-electron chi connectivity index (χ1n) is 5.54. The Labute approximate surface area is 103 Å². The summed E-state index contributed by atoms with van der Waals surface area (Å²) in [6.45, 7) is 1.84. The number of nitrogen functional groups attached to an aromatic ring is 1. The average molecular weight is 245 g/mol. The molecule has 92 valence electrons. The number of allylic oxidation sites excluding steroid dienone is 2. The summed E-state index contributed by atoms with van der Waals surface area (Å²) in [5.74, 6) is 0.608. The highest BCUT2D eigenvalue weighted by Crippen LogP contribution is 2.30. The third-order valence-electron chi connectivity index (χ3n) is 2.95. The van der Waals surface area contributed by atoms with Crippen LogP contribution in [0.15, 0.2) is 36.1 Å². The quantitative estimate of drug-likeness (QED) is 0.687. The molecule has 5 nitrogen and oxygen atoms in total. The third kappa shape index (κ3) is 1.62. The molecule has 0 spiro atoms. The number of aryl methyl sites for hydroxylation is 1. The number of aromatic nitrogens is 2. The largest absolute Gasteiger partial charge is 0.383 e. The van der Waals surface area contributed by atoms with Crippen LogP contribution in [0.1, 0.15) is 11.4 Å². The van der Waals surface area contributed by atoms with E-state index >= 15 is 0 Å². The van der Waals surface area contributed by atoms with Crippen LogP contribution in [-0.2, 0) is 0 Å². The van der Waals surface area contributed by atoms with Crippen LogP contribution in [-0.4, -0.2) is 16.1 Å². The highest BCUT2D eigenvalue weighted by Gasteiger charge is 2.27. The molecule has 4 N–H and O–H groups in total. The van der Waals surface area contributed by atoms with Gasteiger partial charge in [-0.1, -0.05) is 0 Å². The lowest BCUT2D eigenvalue weighted by atomic mass is 10.0. The predicted octanol–water partition coefficient (Wildman–Crippen LogP) is 0.978. The highest BCUT2D eigenvalue weighted by molar-refractivity contribution is 5.80. The second kappa shape index (κ2) is 3.83. The molecule has 3 heterocycles. The van der Waals surface area contributed by atoms with Crippen LogP contribution in [0.2, 0.25) is 0 Å². The molecule has 0 aromatic carbocycles. The Balaban J connectivity index is 2.02.